The van der Waals surface area contributed by atoms with Crippen molar-refractivity contribution in [3.05, 3.63) is 10.4 Å². The van der Waals surface area contributed by atoms with Crippen LogP contribution in [0.1, 0.15) is 46.5 Å². The van der Waals surface area contributed by atoms with Gasteiger partial charge < -0.3 is 19.3 Å². The van der Waals surface area contributed by atoms with E-state index >= 15 is 0 Å². The van der Waals surface area contributed by atoms with Crippen LogP contribution in [0, 0.1) is 0 Å². The first-order valence-electron chi connectivity index (χ1n) is 7.69. The molecule has 1 fully saturated rings. The molecule has 0 bridgehead atoms. The number of rotatable bonds is 10. The molecular formula is C14H27N3O4. The van der Waals surface area contributed by atoms with Gasteiger partial charge in [0.15, 0.2) is 6.29 Å². The van der Waals surface area contributed by atoms with Crippen LogP contribution in [0.5, 0.6) is 0 Å². The average molecular weight is 301 g/mol. The van der Waals surface area contributed by atoms with Gasteiger partial charge in [0, 0.05) is 18.1 Å². The van der Waals surface area contributed by atoms with E-state index in [1.165, 1.54) is 0 Å². The largest absolute Gasteiger partial charge is 0.379 e. The third-order valence-electron chi connectivity index (χ3n) is 3.70. The van der Waals surface area contributed by atoms with Gasteiger partial charge in [0.25, 0.3) is 0 Å². The van der Waals surface area contributed by atoms with Crippen molar-refractivity contribution in [3.63, 3.8) is 0 Å². The van der Waals surface area contributed by atoms with E-state index in [0.29, 0.717) is 19.8 Å². The van der Waals surface area contributed by atoms with Gasteiger partial charge in [-0.2, -0.15) is 0 Å². The van der Waals surface area contributed by atoms with Crippen LogP contribution < -0.4 is 0 Å². The molecule has 0 aromatic rings. The normalized spacial score (nSPS) is 32.1. The lowest BCUT2D eigenvalue weighted by molar-refractivity contribution is -0.127. The van der Waals surface area contributed by atoms with Crippen molar-refractivity contribution in [3.8, 4) is 0 Å². The lowest BCUT2D eigenvalue weighted by atomic mass is 9.94. The molecule has 1 aliphatic rings. The van der Waals surface area contributed by atoms with Gasteiger partial charge >= 0.3 is 0 Å². The van der Waals surface area contributed by atoms with Crippen molar-refractivity contribution in [1.29, 1.82) is 0 Å². The first-order chi connectivity index (χ1) is 10.1. The van der Waals surface area contributed by atoms with Crippen LogP contribution in [0.4, 0.5) is 0 Å². The molecule has 0 saturated carbocycles. The van der Waals surface area contributed by atoms with E-state index in [0.717, 1.165) is 25.7 Å². The molecule has 0 aromatic carbocycles. The zero-order valence-corrected chi connectivity index (χ0v) is 13.2. The summed E-state index contributed by atoms with van der Waals surface area (Å²) in [7, 11) is 0. The lowest BCUT2D eigenvalue weighted by Crippen LogP contribution is -2.46. The predicted octanol–water partition coefficient (Wildman–Crippen LogP) is 2.77. The van der Waals surface area contributed by atoms with Crippen LogP contribution in [0.25, 0.3) is 10.4 Å². The van der Waals surface area contributed by atoms with E-state index in [1.807, 2.05) is 0 Å². The Balaban J connectivity index is 2.68. The van der Waals surface area contributed by atoms with Crippen molar-refractivity contribution < 1.29 is 19.3 Å². The number of ether oxygens (including phenoxy) is 3. The smallest absolute Gasteiger partial charge is 0.168 e. The van der Waals surface area contributed by atoms with Crippen LogP contribution >= 0.6 is 0 Å². The summed E-state index contributed by atoms with van der Waals surface area (Å²) < 4.78 is 16.9. The molecule has 7 heteroatoms. The Morgan fingerprint density at radius 3 is 2.57 bits per heavy atom. The van der Waals surface area contributed by atoms with E-state index in [4.69, 9.17) is 19.7 Å². The van der Waals surface area contributed by atoms with Gasteiger partial charge in [-0.05, 0) is 25.3 Å². The Bertz CT molecular complexity index is 349. The lowest BCUT2D eigenvalue weighted by Gasteiger charge is -2.28. The van der Waals surface area contributed by atoms with Crippen LogP contribution in [-0.2, 0) is 14.2 Å². The molecule has 1 aliphatic heterocycles. The highest BCUT2D eigenvalue weighted by Crippen LogP contribution is 2.36. The van der Waals surface area contributed by atoms with Gasteiger partial charge in [-0.15, -0.1) is 0 Å². The van der Waals surface area contributed by atoms with E-state index in [2.05, 4.69) is 23.9 Å². The molecule has 7 nitrogen and oxygen atoms in total. The molecule has 0 amide bonds. The Morgan fingerprint density at radius 2 is 1.95 bits per heavy atom. The predicted molar refractivity (Wildman–Crippen MR) is 78.8 cm³/mol. The van der Waals surface area contributed by atoms with Gasteiger partial charge in [0.2, 0.25) is 0 Å². The second-order valence-electron chi connectivity index (χ2n) is 5.52. The highest BCUT2D eigenvalue weighted by Gasteiger charge is 2.53. The molecule has 0 spiro atoms. The monoisotopic (exact) mass is 301 g/mol. The second-order valence-corrected chi connectivity index (χ2v) is 5.52. The van der Waals surface area contributed by atoms with E-state index < -0.39 is 24.0 Å². The summed E-state index contributed by atoms with van der Waals surface area (Å²) in [6.07, 6.45) is 1.83. The minimum atomic E-state index is -1.18. The molecule has 1 unspecified atom stereocenters. The van der Waals surface area contributed by atoms with E-state index in [-0.39, 0.29) is 0 Å². The maximum absolute atomic E-state index is 10.1. The van der Waals surface area contributed by atoms with Gasteiger partial charge in [0.1, 0.15) is 17.7 Å². The number of aliphatic hydroxyl groups excluding tert-OH is 1. The topological polar surface area (TPSA) is 96.7 Å². The van der Waals surface area contributed by atoms with Crippen molar-refractivity contribution in [2.45, 2.75) is 70.5 Å². The Labute approximate surface area is 126 Å². The highest BCUT2D eigenvalue weighted by molar-refractivity contribution is 5.04. The summed E-state index contributed by atoms with van der Waals surface area (Å²) in [5, 5.41) is 13.8. The molecule has 1 heterocycles. The van der Waals surface area contributed by atoms with Crippen LogP contribution in [0.15, 0.2) is 5.11 Å². The summed E-state index contributed by atoms with van der Waals surface area (Å²) in [5.41, 5.74) is 7.61. The Morgan fingerprint density at radius 1 is 1.29 bits per heavy atom. The van der Waals surface area contributed by atoms with Crippen LogP contribution in [-0.4, -0.2) is 49.0 Å². The van der Waals surface area contributed by atoms with Crippen LogP contribution in [0.2, 0.25) is 0 Å². The maximum Gasteiger partial charge on any atom is 0.168 e. The highest BCUT2D eigenvalue weighted by atomic mass is 16.7. The summed E-state index contributed by atoms with van der Waals surface area (Å²) in [6.45, 7) is 7.33. The van der Waals surface area contributed by atoms with Crippen molar-refractivity contribution in [2.24, 2.45) is 5.11 Å². The fraction of sp³-hybridized carbons (Fsp3) is 1.00. The quantitative estimate of drug-likeness (QED) is 0.290. The van der Waals surface area contributed by atoms with Crippen molar-refractivity contribution in [1.82, 2.24) is 0 Å². The molecule has 0 aliphatic carbocycles. The molecular weight excluding hydrogens is 274 g/mol. The molecule has 1 rings (SSSR count). The summed E-state index contributed by atoms with van der Waals surface area (Å²) >= 11 is 0. The third kappa shape index (κ3) is 4.83. The SMILES string of the molecule is CCCCOC[C@H]1OC(O)[C@](C)(N=[N+]=[N-])[C@@H]1OCCCC. The summed E-state index contributed by atoms with van der Waals surface area (Å²) in [6, 6.07) is 0. The van der Waals surface area contributed by atoms with Gasteiger partial charge in [0.05, 0.1) is 6.61 Å². The second kappa shape index (κ2) is 9.23. The van der Waals surface area contributed by atoms with Gasteiger partial charge in [-0.1, -0.05) is 31.8 Å². The first-order valence-corrected chi connectivity index (χ1v) is 7.69. The molecule has 0 aromatic heterocycles. The van der Waals surface area contributed by atoms with Gasteiger partial charge in [-0.25, -0.2) is 0 Å². The van der Waals surface area contributed by atoms with Gasteiger partial charge in [-0.3, -0.25) is 0 Å². The first kappa shape index (κ1) is 18.2. The molecule has 4 atom stereocenters. The molecule has 1 N–H and O–H groups in total. The molecule has 1 saturated heterocycles. The molecule has 0 radical (unpaired) electrons. The van der Waals surface area contributed by atoms with E-state index in [1.54, 1.807) is 6.92 Å². The Hall–Kier alpha value is -0.850. The zero-order chi connectivity index (χ0) is 15.7. The van der Waals surface area contributed by atoms with Crippen molar-refractivity contribution >= 4 is 0 Å². The zero-order valence-electron chi connectivity index (χ0n) is 13.2. The fourth-order valence-corrected chi connectivity index (χ4v) is 2.30. The minimum absolute atomic E-state index is 0.324. The number of nitrogens with zero attached hydrogens (tertiary/aromatic N) is 3. The van der Waals surface area contributed by atoms with E-state index in [9.17, 15) is 5.11 Å². The van der Waals surface area contributed by atoms with Crippen LogP contribution in [0.3, 0.4) is 0 Å². The molecule has 122 valence electrons. The number of unbranched alkanes of at least 4 members (excludes halogenated alkanes) is 2. The molecule has 21 heavy (non-hydrogen) atoms. The Kier molecular flexibility index (Phi) is 8.00. The third-order valence-corrected chi connectivity index (χ3v) is 3.70. The standard InChI is InChI=1S/C14H27N3O4/c1-4-6-8-19-10-11-12(20-9-7-5-2)14(3,16-17-15)13(18)21-11/h11-13,18H,4-10H2,1-3H3/t11-,12-,13?,14-/m1/s1. The number of hydrogen-bond donors (Lipinski definition) is 1. The number of azide groups is 1. The summed E-state index contributed by atoms with van der Waals surface area (Å²) in [4.78, 5) is 2.83. The number of aliphatic hydroxyl groups is 1. The van der Waals surface area contributed by atoms with Crippen molar-refractivity contribution in [2.75, 3.05) is 19.8 Å². The number of hydrogen-bond acceptors (Lipinski definition) is 5. The minimum Gasteiger partial charge on any atom is -0.379 e. The fourth-order valence-electron chi connectivity index (χ4n) is 2.30. The average Bonchev–Trinajstić information content (AvgIpc) is 2.69. The summed E-state index contributed by atoms with van der Waals surface area (Å²) in [5.74, 6) is 0. The maximum atomic E-state index is 10.1.